The molecule has 0 aliphatic heterocycles. The van der Waals surface area contributed by atoms with Crippen LogP contribution in [0, 0.1) is 0 Å². The Kier molecular flexibility index (Phi) is 7.80. The lowest BCUT2D eigenvalue weighted by molar-refractivity contribution is 1.62. The SMILES string of the molecule is C=Cc1ccccc1C=C.Cl[Si]Cl. The molecule has 0 N–H and O–H groups in total. The average Bonchev–Trinajstić information content (AvgIpc) is 2.19. The minimum absolute atomic E-state index is 0.0278. The minimum atomic E-state index is 0.0278. The van der Waals surface area contributed by atoms with Crippen LogP contribution in [0.15, 0.2) is 37.4 Å². The van der Waals surface area contributed by atoms with Crippen molar-refractivity contribution in [1.29, 1.82) is 0 Å². The van der Waals surface area contributed by atoms with Gasteiger partial charge in [0.15, 0.2) is 0 Å². The van der Waals surface area contributed by atoms with E-state index < -0.39 is 0 Å². The Hall–Kier alpha value is -0.503. The van der Waals surface area contributed by atoms with Crippen LogP contribution in [0.2, 0.25) is 0 Å². The van der Waals surface area contributed by atoms with E-state index in [-0.39, 0.29) is 8.14 Å². The molecule has 0 aliphatic rings. The molecule has 0 saturated carbocycles. The van der Waals surface area contributed by atoms with Gasteiger partial charge in [-0.25, -0.2) is 0 Å². The molecule has 2 radical (unpaired) electrons. The second-order valence-electron chi connectivity index (χ2n) is 2.11. The highest BCUT2D eigenvalue weighted by molar-refractivity contribution is 7.22. The highest BCUT2D eigenvalue weighted by Gasteiger charge is 1.89. The van der Waals surface area contributed by atoms with E-state index in [0.717, 1.165) is 11.1 Å². The summed E-state index contributed by atoms with van der Waals surface area (Å²) < 4.78 is 0. The molecule has 0 aromatic heterocycles. The van der Waals surface area contributed by atoms with Gasteiger partial charge in [0.25, 0.3) is 8.14 Å². The van der Waals surface area contributed by atoms with Gasteiger partial charge in [0, 0.05) is 0 Å². The van der Waals surface area contributed by atoms with Gasteiger partial charge in [-0.05, 0) is 11.1 Å². The number of benzene rings is 1. The van der Waals surface area contributed by atoms with Gasteiger partial charge in [0.1, 0.15) is 0 Å². The molecule has 0 fully saturated rings. The van der Waals surface area contributed by atoms with E-state index in [0.29, 0.717) is 0 Å². The molecule has 0 amide bonds. The predicted octanol–water partition coefficient (Wildman–Crippen LogP) is 3.97. The van der Waals surface area contributed by atoms with Crippen molar-refractivity contribution in [1.82, 2.24) is 0 Å². The van der Waals surface area contributed by atoms with Crippen LogP contribution >= 0.6 is 22.2 Å². The molecule has 0 unspecified atom stereocenters. The van der Waals surface area contributed by atoms with Gasteiger partial charge in [0.2, 0.25) is 0 Å². The van der Waals surface area contributed by atoms with Gasteiger partial charge in [-0.15, -0.1) is 22.2 Å². The van der Waals surface area contributed by atoms with E-state index in [1.165, 1.54) is 0 Å². The summed E-state index contributed by atoms with van der Waals surface area (Å²) in [5.41, 5.74) is 2.27. The van der Waals surface area contributed by atoms with Crippen molar-refractivity contribution < 1.29 is 0 Å². The molecule has 1 aromatic rings. The Morgan fingerprint density at radius 2 is 1.31 bits per heavy atom. The van der Waals surface area contributed by atoms with E-state index in [9.17, 15) is 0 Å². The van der Waals surface area contributed by atoms with E-state index in [1.54, 1.807) is 0 Å². The number of rotatable bonds is 2. The minimum Gasteiger partial charge on any atom is -0.148 e. The maximum Gasteiger partial charge on any atom is 0.295 e. The van der Waals surface area contributed by atoms with E-state index in [2.05, 4.69) is 13.2 Å². The van der Waals surface area contributed by atoms with Crippen molar-refractivity contribution in [2.45, 2.75) is 0 Å². The molecule has 0 saturated heterocycles. The third-order valence-corrected chi connectivity index (χ3v) is 1.44. The molecule has 68 valence electrons. The largest absolute Gasteiger partial charge is 0.295 e. The second kappa shape index (κ2) is 8.11. The lowest BCUT2D eigenvalue weighted by Crippen LogP contribution is -1.76. The smallest absolute Gasteiger partial charge is 0.148 e. The number of halogens is 2. The lowest BCUT2D eigenvalue weighted by Gasteiger charge is -1.96. The van der Waals surface area contributed by atoms with Gasteiger partial charge in [0.05, 0.1) is 0 Å². The van der Waals surface area contributed by atoms with Crippen LogP contribution in [0.1, 0.15) is 11.1 Å². The van der Waals surface area contributed by atoms with Crippen molar-refractivity contribution in [2.75, 3.05) is 0 Å². The Labute approximate surface area is 91.1 Å². The first-order chi connectivity index (χ1) is 6.29. The maximum absolute atomic E-state index is 4.79. The Balaban J connectivity index is 0.000000424. The second-order valence-corrected chi connectivity index (χ2v) is 3.97. The topological polar surface area (TPSA) is 0 Å². The molecule has 0 nitrogen and oxygen atoms in total. The summed E-state index contributed by atoms with van der Waals surface area (Å²) in [7, 11) is 0.0278. The first-order valence-electron chi connectivity index (χ1n) is 3.60. The summed E-state index contributed by atoms with van der Waals surface area (Å²) in [5, 5.41) is 0. The van der Waals surface area contributed by atoms with Crippen LogP contribution in [-0.4, -0.2) is 8.14 Å². The Morgan fingerprint density at radius 3 is 1.54 bits per heavy atom. The zero-order valence-corrected chi connectivity index (χ0v) is 9.65. The third-order valence-electron chi connectivity index (χ3n) is 1.44. The molecule has 1 rings (SSSR count). The fourth-order valence-corrected chi connectivity index (χ4v) is 0.883. The molecule has 1 aromatic carbocycles. The van der Waals surface area contributed by atoms with Crippen LogP contribution in [-0.2, 0) is 0 Å². The zero-order valence-electron chi connectivity index (χ0n) is 7.13. The van der Waals surface area contributed by atoms with E-state index in [4.69, 9.17) is 22.2 Å². The quantitative estimate of drug-likeness (QED) is 0.531. The maximum atomic E-state index is 4.79. The van der Waals surface area contributed by atoms with E-state index in [1.807, 2.05) is 36.4 Å². The fraction of sp³-hybridized carbons (Fsp3) is 0. The van der Waals surface area contributed by atoms with Crippen LogP contribution in [0.25, 0.3) is 12.2 Å². The Bertz CT molecular complexity index is 244. The normalized spacial score (nSPS) is 8.15. The molecule has 0 bridgehead atoms. The molecule has 0 heterocycles. The van der Waals surface area contributed by atoms with Crippen molar-refractivity contribution in [3.63, 3.8) is 0 Å². The summed E-state index contributed by atoms with van der Waals surface area (Å²) in [6.45, 7) is 7.38. The van der Waals surface area contributed by atoms with Crippen LogP contribution in [0.3, 0.4) is 0 Å². The van der Waals surface area contributed by atoms with Crippen molar-refractivity contribution in [2.24, 2.45) is 0 Å². The first-order valence-corrected chi connectivity index (χ1v) is 6.62. The van der Waals surface area contributed by atoms with Crippen molar-refractivity contribution in [3.05, 3.63) is 48.6 Å². The first kappa shape index (κ1) is 12.5. The number of hydrogen-bond acceptors (Lipinski definition) is 0. The molecular formula is C10H10Cl2Si. The molecule has 13 heavy (non-hydrogen) atoms. The summed E-state index contributed by atoms with van der Waals surface area (Å²) >= 11 is 9.58. The van der Waals surface area contributed by atoms with Crippen LogP contribution in [0.4, 0.5) is 0 Å². The molecular weight excluding hydrogens is 219 g/mol. The van der Waals surface area contributed by atoms with Gasteiger partial charge in [-0.1, -0.05) is 49.6 Å². The highest BCUT2D eigenvalue weighted by Crippen LogP contribution is 2.10. The summed E-state index contributed by atoms with van der Waals surface area (Å²) in [5.74, 6) is 0. The van der Waals surface area contributed by atoms with Gasteiger partial charge >= 0.3 is 0 Å². The van der Waals surface area contributed by atoms with Crippen molar-refractivity contribution in [3.8, 4) is 0 Å². The molecule has 3 heteroatoms. The number of hydrogen-bond donors (Lipinski definition) is 0. The molecule has 0 aliphatic carbocycles. The van der Waals surface area contributed by atoms with E-state index >= 15 is 0 Å². The average molecular weight is 229 g/mol. The van der Waals surface area contributed by atoms with Crippen LogP contribution in [0.5, 0.6) is 0 Å². The van der Waals surface area contributed by atoms with Crippen molar-refractivity contribution >= 4 is 42.4 Å². The fourth-order valence-electron chi connectivity index (χ4n) is 0.883. The summed E-state index contributed by atoms with van der Waals surface area (Å²) in [4.78, 5) is 0. The summed E-state index contributed by atoms with van der Waals surface area (Å²) in [6.07, 6.45) is 3.66. The zero-order chi connectivity index (χ0) is 10.1. The molecule has 0 atom stereocenters. The lowest BCUT2D eigenvalue weighted by atomic mass is 10.1. The van der Waals surface area contributed by atoms with Gasteiger partial charge in [-0.3, -0.25) is 0 Å². The standard InChI is InChI=1S/C10H10.Cl2Si/c1-3-9-7-5-6-8-10(9)4-2;1-3-2/h3-8H,1-2H2;. The third kappa shape index (κ3) is 4.93. The Morgan fingerprint density at radius 1 is 1.00 bits per heavy atom. The highest BCUT2D eigenvalue weighted by atomic mass is 35.7. The van der Waals surface area contributed by atoms with Gasteiger partial charge in [-0.2, -0.15) is 0 Å². The van der Waals surface area contributed by atoms with Crippen LogP contribution < -0.4 is 0 Å². The summed E-state index contributed by atoms with van der Waals surface area (Å²) in [6, 6.07) is 8.02. The van der Waals surface area contributed by atoms with Gasteiger partial charge < -0.3 is 0 Å². The monoisotopic (exact) mass is 228 g/mol. The predicted molar refractivity (Wildman–Crippen MR) is 64.1 cm³/mol. The molecule has 0 spiro atoms.